The van der Waals surface area contributed by atoms with Crippen LogP contribution in [-0.4, -0.2) is 42.4 Å². The van der Waals surface area contributed by atoms with Gasteiger partial charge in [-0.3, -0.25) is 9.69 Å². The Bertz CT molecular complexity index is 392. The number of nitrogens with one attached hydrogen (secondary N) is 1. The number of rotatable bonds is 7. The first-order valence-corrected chi connectivity index (χ1v) is 7.83. The van der Waals surface area contributed by atoms with Crippen molar-refractivity contribution in [3.63, 3.8) is 0 Å². The molecule has 1 rings (SSSR count). The molecule has 19 heavy (non-hydrogen) atoms. The number of carbonyl (C=O) groups excluding carboxylic acids is 1. The van der Waals surface area contributed by atoms with Crippen LogP contribution in [0.25, 0.3) is 0 Å². The maximum Gasteiger partial charge on any atom is 0.251 e. The van der Waals surface area contributed by atoms with Gasteiger partial charge in [0.05, 0.1) is 0 Å². The SMILES string of the molecule is CCSCC(C)N(C)Cc1ccc(C(=O)NC)cc1. The molecule has 1 N–H and O–H groups in total. The molecule has 0 heterocycles. The van der Waals surface area contributed by atoms with E-state index in [0.717, 1.165) is 12.3 Å². The zero-order chi connectivity index (χ0) is 14.3. The molecule has 0 aliphatic heterocycles. The van der Waals surface area contributed by atoms with Crippen LogP contribution >= 0.6 is 11.8 Å². The number of benzene rings is 1. The summed E-state index contributed by atoms with van der Waals surface area (Å²) in [6.07, 6.45) is 0. The lowest BCUT2D eigenvalue weighted by Gasteiger charge is -2.24. The molecule has 0 saturated carbocycles. The maximum atomic E-state index is 11.4. The van der Waals surface area contributed by atoms with Crippen molar-refractivity contribution in [2.24, 2.45) is 0 Å². The van der Waals surface area contributed by atoms with Gasteiger partial charge in [-0.2, -0.15) is 11.8 Å². The van der Waals surface area contributed by atoms with Gasteiger partial charge in [0, 0.05) is 31.0 Å². The number of hydrogen-bond acceptors (Lipinski definition) is 3. The predicted octanol–water partition coefficient (Wildman–Crippen LogP) is 2.62. The molecule has 0 radical (unpaired) electrons. The van der Waals surface area contributed by atoms with Gasteiger partial charge < -0.3 is 5.32 Å². The van der Waals surface area contributed by atoms with Crippen molar-refractivity contribution in [1.82, 2.24) is 10.2 Å². The molecule has 0 fully saturated rings. The molecule has 1 aromatic rings. The molecule has 1 amide bonds. The molecule has 1 aromatic carbocycles. The summed E-state index contributed by atoms with van der Waals surface area (Å²) in [6, 6.07) is 8.38. The van der Waals surface area contributed by atoms with Crippen LogP contribution in [0.4, 0.5) is 0 Å². The largest absolute Gasteiger partial charge is 0.355 e. The minimum atomic E-state index is -0.0346. The van der Waals surface area contributed by atoms with Crippen LogP contribution < -0.4 is 5.32 Å². The monoisotopic (exact) mass is 280 g/mol. The Kier molecular flexibility index (Phi) is 6.95. The third kappa shape index (κ3) is 5.25. The first-order chi connectivity index (χ1) is 9.08. The predicted molar refractivity (Wildman–Crippen MR) is 83.8 cm³/mol. The van der Waals surface area contributed by atoms with E-state index >= 15 is 0 Å². The van der Waals surface area contributed by atoms with Crippen molar-refractivity contribution in [1.29, 1.82) is 0 Å². The lowest BCUT2D eigenvalue weighted by Crippen LogP contribution is -2.30. The molecule has 1 unspecified atom stereocenters. The van der Waals surface area contributed by atoms with Crippen molar-refractivity contribution in [2.75, 3.05) is 25.6 Å². The average Bonchev–Trinajstić information content (AvgIpc) is 2.44. The van der Waals surface area contributed by atoms with Gasteiger partial charge in [-0.1, -0.05) is 19.1 Å². The van der Waals surface area contributed by atoms with Crippen LogP contribution in [0.3, 0.4) is 0 Å². The van der Waals surface area contributed by atoms with Crippen molar-refractivity contribution >= 4 is 17.7 Å². The highest BCUT2D eigenvalue weighted by molar-refractivity contribution is 7.99. The standard InChI is InChI=1S/C15H24N2OS/c1-5-19-11-12(2)17(4)10-13-6-8-14(9-7-13)15(18)16-3/h6-9,12H,5,10-11H2,1-4H3,(H,16,18). The van der Waals surface area contributed by atoms with E-state index in [2.05, 4.69) is 31.1 Å². The quantitative estimate of drug-likeness (QED) is 0.833. The second kappa shape index (κ2) is 8.23. The molecule has 0 saturated heterocycles. The Balaban J connectivity index is 2.55. The highest BCUT2D eigenvalue weighted by Crippen LogP contribution is 2.11. The van der Waals surface area contributed by atoms with Gasteiger partial charge >= 0.3 is 0 Å². The molecule has 4 heteroatoms. The lowest BCUT2D eigenvalue weighted by molar-refractivity contribution is 0.0963. The first kappa shape index (κ1) is 16.1. The van der Waals surface area contributed by atoms with E-state index < -0.39 is 0 Å². The Morgan fingerprint density at radius 2 is 2.00 bits per heavy atom. The van der Waals surface area contributed by atoms with E-state index in [-0.39, 0.29) is 5.91 Å². The van der Waals surface area contributed by atoms with Gasteiger partial charge in [0.1, 0.15) is 0 Å². The zero-order valence-corrected chi connectivity index (χ0v) is 13.1. The number of hydrogen-bond donors (Lipinski definition) is 1. The molecule has 0 aromatic heterocycles. The van der Waals surface area contributed by atoms with Crippen molar-refractivity contribution in [2.45, 2.75) is 26.4 Å². The summed E-state index contributed by atoms with van der Waals surface area (Å²) in [4.78, 5) is 13.8. The van der Waals surface area contributed by atoms with Crippen LogP contribution in [0.15, 0.2) is 24.3 Å². The fourth-order valence-electron chi connectivity index (χ4n) is 1.77. The topological polar surface area (TPSA) is 32.3 Å². The summed E-state index contributed by atoms with van der Waals surface area (Å²) in [6.45, 7) is 5.36. The highest BCUT2D eigenvalue weighted by Gasteiger charge is 2.10. The number of carbonyl (C=O) groups is 1. The fraction of sp³-hybridized carbons (Fsp3) is 0.533. The summed E-state index contributed by atoms with van der Waals surface area (Å²) in [7, 11) is 3.80. The summed E-state index contributed by atoms with van der Waals surface area (Å²) >= 11 is 1.97. The van der Waals surface area contributed by atoms with E-state index in [1.54, 1.807) is 7.05 Å². The van der Waals surface area contributed by atoms with Crippen LogP contribution in [-0.2, 0) is 6.54 Å². The molecular weight excluding hydrogens is 256 g/mol. The van der Waals surface area contributed by atoms with Crippen molar-refractivity contribution in [3.05, 3.63) is 35.4 Å². The summed E-state index contributed by atoms with van der Waals surface area (Å²) in [5.74, 6) is 2.29. The van der Waals surface area contributed by atoms with E-state index in [1.165, 1.54) is 11.3 Å². The normalized spacial score (nSPS) is 12.5. The van der Waals surface area contributed by atoms with Crippen LogP contribution in [0.1, 0.15) is 29.8 Å². The van der Waals surface area contributed by atoms with Gasteiger partial charge in [0.15, 0.2) is 0 Å². The lowest BCUT2D eigenvalue weighted by atomic mass is 10.1. The minimum Gasteiger partial charge on any atom is -0.355 e. The van der Waals surface area contributed by atoms with Gasteiger partial charge in [0.2, 0.25) is 0 Å². The first-order valence-electron chi connectivity index (χ1n) is 6.67. The number of thioether (sulfide) groups is 1. The Hall–Kier alpha value is -1.00. The smallest absolute Gasteiger partial charge is 0.251 e. The third-order valence-corrected chi connectivity index (χ3v) is 4.32. The molecule has 0 aliphatic carbocycles. The summed E-state index contributed by atoms with van der Waals surface area (Å²) in [5.41, 5.74) is 1.95. The summed E-state index contributed by atoms with van der Waals surface area (Å²) in [5, 5.41) is 2.63. The van der Waals surface area contributed by atoms with E-state index in [4.69, 9.17) is 0 Å². The van der Waals surface area contributed by atoms with Crippen molar-refractivity contribution < 1.29 is 4.79 Å². The summed E-state index contributed by atoms with van der Waals surface area (Å²) < 4.78 is 0. The Labute approximate surface area is 120 Å². The Morgan fingerprint density at radius 1 is 1.37 bits per heavy atom. The molecule has 0 aliphatic rings. The molecule has 0 spiro atoms. The number of nitrogens with zero attached hydrogens (tertiary/aromatic N) is 1. The average molecular weight is 280 g/mol. The number of amides is 1. The van der Waals surface area contributed by atoms with Crippen molar-refractivity contribution in [3.8, 4) is 0 Å². The molecule has 3 nitrogen and oxygen atoms in total. The van der Waals surface area contributed by atoms with Crippen LogP contribution in [0, 0.1) is 0 Å². The van der Waals surface area contributed by atoms with Gasteiger partial charge in [-0.25, -0.2) is 0 Å². The van der Waals surface area contributed by atoms with E-state index in [0.29, 0.717) is 11.6 Å². The third-order valence-electron chi connectivity index (χ3n) is 3.19. The van der Waals surface area contributed by atoms with Crippen LogP contribution in [0.5, 0.6) is 0 Å². The molecule has 0 bridgehead atoms. The van der Waals surface area contributed by atoms with E-state index in [9.17, 15) is 4.79 Å². The maximum absolute atomic E-state index is 11.4. The fourth-order valence-corrected chi connectivity index (χ4v) is 2.60. The zero-order valence-electron chi connectivity index (χ0n) is 12.3. The van der Waals surface area contributed by atoms with Gasteiger partial charge in [0.25, 0.3) is 5.91 Å². The minimum absolute atomic E-state index is 0.0346. The van der Waals surface area contributed by atoms with Gasteiger partial charge in [-0.15, -0.1) is 0 Å². The molecule has 106 valence electrons. The Morgan fingerprint density at radius 3 is 2.53 bits per heavy atom. The second-order valence-corrected chi connectivity index (χ2v) is 6.02. The molecule has 1 atom stereocenters. The van der Waals surface area contributed by atoms with Gasteiger partial charge in [-0.05, 0) is 37.4 Å². The van der Waals surface area contributed by atoms with Crippen LogP contribution in [0.2, 0.25) is 0 Å². The van der Waals surface area contributed by atoms with E-state index in [1.807, 2.05) is 36.0 Å². The molecular formula is C15H24N2OS. The highest BCUT2D eigenvalue weighted by atomic mass is 32.2. The second-order valence-electron chi connectivity index (χ2n) is 4.70.